The van der Waals surface area contributed by atoms with Gasteiger partial charge in [-0.25, -0.2) is 4.79 Å². The van der Waals surface area contributed by atoms with Crippen molar-refractivity contribution in [3.63, 3.8) is 0 Å². The Morgan fingerprint density at radius 1 is 1.40 bits per heavy atom. The number of ether oxygens (including phenoxy) is 1. The fourth-order valence-corrected chi connectivity index (χ4v) is 2.28. The molecule has 104 valence electrons. The fraction of sp³-hybridized carbons (Fsp3) is 0.286. The predicted octanol–water partition coefficient (Wildman–Crippen LogP) is 1.22. The Morgan fingerprint density at radius 2 is 2.30 bits per heavy atom. The van der Waals surface area contributed by atoms with Gasteiger partial charge in [-0.05, 0) is 24.3 Å². The number of anilines is 1. The van der Waals surface area contributed by atoms with Gasteiger partial charge in [-0.3, -0.25) is 4.98 Å². The van der Waals surface area contributed by atoms with E-state index in [2.05, 4.69) is 10.3 Å². The van der Waals surface area contributed by atoms with E-state index in [0.29, 0.717) is 25.4 Å². The summed E-state index contributed by atoms with van der Waals surface area (Å²) in [7, 11) is 0. The molecular weight excluding hydrogens is 256 g/mol. The Hall–Kier alpha value is -2.50. The van der Waals surface area contributed by atoms with Crippen LogP contribution >= 0.6 is 0 Å². The van der Waals surface area contributed by atoms with Gasteiger partial charge in [-0.15, -0.1) is 0 Å². The molecule has 1 aliphatic heterocycles. The van der Waals surface area contributed by atoms with Crippen LogP contribution in [0.1, 0.15) is 0 Å². The molecule has 1 fully saturated rings. The van der Waals surface area contributed by atoms with Crippen molar-refractivity contribution in [2.24, 2.45) is 0 Å². The summed E-state index contributed by atoms with van der Waals surface area (Å²) in [6.07, 6.45) is 1.71. The smallest absolute Gasteiger partial charge is 0.317 e. The third kappa shape index (κ3) is 2.32. The molecule has 6 nitrogen and oxygen atoms in total. The molecule has 2 aromatic rings. The summed E-state index contributed by atoms with van der Waals surface area (Å²) in [5.41, 5.74) is 7.26. The lowest BCUT2D eigenvalue weighted by Gasteiger charge is -2.15. The molecule has 3 rings (SSSR count). The van der Waals surface area contributed by atoms with Crippen molar-refractivity contribution in [3.8, 4) is 5.75 Å². The Bertz CT molecular complexity index is 644. The number of carbonyl (C=O) groups excluding carboxylic acids is 1. The average Bonchev–Trinajstić information content (AvgIpc) is 2.87. The Kier molecular flexibility index (Phi) is 3.28. The minimum Gasteiger partial charge on any atom is -0.491 e. The molecule has 2 amide bonds. The van der Waals surface area contributed by atoms with Crippen LogP contribution in [0.4, 0.5) is 10.5 Å². The van der Waals surface area contributed by atoms with Crippen molar-refractivity contribution < 1.29 is 9.53 Å². The van der Waals surface area contributed by atoms with Crippen molar-refractivity contribution in [2.45, 2.75) is 0 Å². The molecule has 0 aliphatic carbocycles. The molecule has 0 saturated carbocycles. The lowest BCUT2D eigenvalue weighted by molar-refractivity contribution is 0.203. The first-order chi connectivity index (χ1) is 9.75. The molecule has 20 heavy (non-hydrogen) atoms. The average molecular weight is 272 g/mol. The number of nitrogen functional groups attached to an aromatic ring is 1. The molecule has 0 spiro atoms. The van der Waals surface area contributed by atoms with Gasteiger partial charge < -0.3 is 20.7 Å². The second-order valence-electron chi connectivity index (χ2n) is 4.62. The van der Waals surface area contributed by atoms with Gasteiger partial charge in [0.05, 0.1) is 17.7 Å². The van der Waals surface area contributed by atoms with E-state index in [-0.39, 0.29) is 6.03 Å². The SMILES string of the molecule is Nc1ccc(OCCN2CCNC2=O)c2cccnc12. The molecule has 0 radical (unpaired) electrons. The highest BCUT2D eigenvalue weighted by Crippen LogP contribution is 2.28. The van der Waals surface area contributed by atoms with E-state index in [1.54, 1.807) is 17.2 Å². The van der Waals surface area contributed by atoms with E-state index in [0.717, 1.165) is 23.2 Å². The zero-order valence-electron chi connectivity index (χ0n) is 11.0. The highest BCUT2D eigenvalue weighted by molar-refractivity contribution is 5.93. The van der Waals surface area contributed by atoms with Gasteiger partial charge in [0.1, 0.15) is 12.4 Å². The van der Waals surface area contributed by atoms with Crippen molar-refractivity contribution in [1.29, 1.82) is 0 Å². The first-order valence-corrected chi connectivity index (χ1v) is 6.54. The largest absolute Gasteiger partial charge is 0.491 e. The molecule has 0 atom stereocenters. The second-order valence-corrected chi connectivity index (χ2v) is 4.62. The molecule has 3 N–H and O–H groups in total. The van der Waals surface area contributed by atoms with Crippen LogP contribution in [0.5, 0.6) is 5.75 Å². The van der Waals surface area contributed by atoms with Crippen molar-refractivity contribution in [1.82, 2.24) is 15.2 Å². The number of fused-ring (bicyclic) bond motifs is 1. The monoisotopic (exact) mass is 272 g/mol. The molecule has 0 unspecified atom stereocenters. The molecule has 6 heteroatoms. The highest BCUT2D eigenvalue weighted by atomic mass is 16.5. The molecule has 1 aliphatic rings. The summed E-state index contributed by atoms with van der Waals surface area (Å²) in [6, 6.07) is 7.37. The first kappa shape index (κ1) is 12.5. The van der Waals surface area contributed by atoms with Crippen LogP contribution in [-0.2, 0) is 0 Å². The minimum atomic E-state index is -0.0302. The Labute approximate surface area is 116 Å². The van der Waals surface area contributed by atoms with E-state index in [1.807, 2.05) is 18.2 Å². The predicted molar refractivity (Wildman–Crippen MR) is 76.6 cm³/mol. The van der Waals surface area contributed by atoms with Crippen LogP contribution in [-0.4, -0.2) is 42.2 Å². The van der Waals surface area contributed by atoms with Crippen LogP contribution < -0.4 is 15.8 Å². The van der Waals surface area contributed by atoms with Crippen LogP contribution in [0.25, 0.3) is 10.9 Å². The van der Waals surface area contributed by atoms with Gasteiger partial charge in [-0.2, -0.15) is 0 Å². The van der Waals surface area contributed by atoms with Crippen LogP contribution in [0.15, 0.2) is 30.5 Å². The number of hydrogen-bond acceptors (Lipinski definition) is 4. The van der Waals surface area contributed by atoms with E-state index < -0.39 is 0 Å². The number of carbonyl (C=O) groups is 1. The third-order valence-corrected chi connectivity index (χ3v) is 3.32. The number of hydrogen-bond donors (Lipinski definition) is 2. The van der Waals surface area contributed by atoms with E-state index in [9.17, 15) is 4.79 Å². The summed E-state index contributed by atoms with van der Waals surface area (Å²) in [6.45, 7) is 2.44. The zero-order valence-corrected chi connectivity index (χ0v) is 11.0. The standard InChI is InChI=1S/C14H16N4O2/c15-11-3-4-12(10-2-1-5-16-13(10)11)20-9-8-18-7-6-17-14(18)19/h1-5H,6-9,15H2,(H,17,19). The lowest BCUT2D eigenvalue weighted by Crippen LogP contribution is -2.31. The molecule has 1 saturated heterocycles. The molecule has 1 aromatic heterocycles. The van der Waals surface area contributed by atoms with Crippen molar-refractivity contribution in [2.75, 3.05) is 32.0 Å². The zero-order chi connectivity index (χ0) is 13.9. The number of nitrogens with two attached hydrogens (primary N) is 1. The maximum absolute atomic E-state index is 11.4. The Morgan fingerprint density at radius 3 is 3.10 bits per heavy atom. The second kappa shape index (κ2) is 5.24. The normalized spacial score (nSPS) is 14.6. The summed E-state index contributed by atoms with van der Waals surface area (Å²) in [4.78, 5) is 17.4. The van der Waals surface area contributed by atoms with E-state index in [1.165, 1.54) is 0 Å². The maximum Gasteiger partial charge on any atom is 0.317 e. The van der Waals surface area contributed by atoms with Gasteiger partial charge in [0, 0.05) is 24.7 Å². The third-order valence-electron chi connectivity index (χ3n) is 3.32. The Balaban J connectivity index is 1.71. The molecule has 2 heterocycles. The number of aromatic nitrogens is 1. The number of pyridine rings is 1. The topological polar surface area (TPSA) is 80.5 Å². The van der Waals surface area contributed by atoms with Crippen LogP contribution in [0.3, 0.4) is 0 Å². The maximum atomic E-state index is 11.4. The number of rotatable bonds is 4. The van der Waals surface area contributed by atoms with Gasteiger partial charge in [0.25, 0.3) is 0 Å². The van der Waals surface area contributed by atoms with Crippen LogP contribution in [0, 0.1) is 0 Å². The van der Waals surface area contributed by atoms with Gasteiger partial charge in [-0.1, -0.05) is 0 Å². The van der Waals surface area contributed by atoms with Gasteiger partial charge in [0.2, 0.25) is 0 Å². The summed E-state index contributed by atoms with van der Waals surface area (Å²) in [5.74, 6) is 0.738. The quantitative estimate of drug-likeness (QED) is 0.820. The number of nitrogens with one attached hydrogen (secondary N) is 1. The summed E-state index contributed by atoms with van der Waals surface area (Å²) < 4.78 is 5.77. The first-order valence-electron chi connectivity index (χ1n) is 6.54. The molecule has 0 bridgehead atoms. The van der Waals surface area contributed by atoms with Gasteiger partial charge in [0.15, 0.2) is 0 Å². The summed E-state index contributed by atoms with van der Waals surface area (Å²) >= 11 is 0. The van der Waals surface area contributed by atoms with Crippen molar-refractivity contribution >= 4 is 22.6 Å². The van der Waals surface area contributed by atoms with E-state index in [4.69, 9.17) is 10.5 Å². The molecule has 1 aromatic carbocycles. The lowest BCUT2D eigenvalue weighted by atomic mass is 10.2. The minimum absolute atomic E-state index is 0.0302. The number of benzene rings is 1. The number of nitrogens with zero attached hydrogens (tertiary/aromatic N) is 2. The summed E-state index contributed by atoms with van der Waals surface area (Å²) in [5, 5.41) is 3.65. The van der Waals surface area contributed by atoms with Crippen LogP contribution in [0.2, 0.25) is 0 Å². The fourth-order valence-electron chi connectivity index (χ4n) is 2.28. The number of amides is 2. The van der Waals surface area contributed by atoms with Gasteiger partial charge >= 0.3 is 6.03 Å². The highest BCUT2D eigenvalue weighted by Gasteiger charge is 2.18. The molecular formula is C14H16N4O2. The van der Waals surface area contributed by atoms with Crippen molar-refractivity contribution in [3.05, 3.63) is 30.5 Å². The number of urea groups is 1. The van der Waals surface area contributed by atoms with E-state index >= 15 is 0 Å².